The molecule has 0 nitrogen and oxygen atoms in total. The fourth-order valence-electron chi connectivity index (χ4n) is 1.18. The third kappa shape index (κ3) is 3.55. The number of hydrogen-bond donors (Lipinski definition) is 0. The van der Waals surface area contributed by atoms with Crippen molar-refractivity contribution in [1.82, 2.24) is 0 Å². The van der Waals surface area contributed by atoms with Crippen LogP contribution in [0.5, 0.6) is 0 Å². The van der Waals surface area contributed by atoms with Gasteiger partial charge in [0.25, 0.3) is 0 Å². The SMILES string of the molecule is CCCCC#Cc1ccccc1CBr. The van der Waals surface area contributed by atoms with Gasteiger partial charge in [-0.25, -0.2) is 0 Å². The normalized spacial score (nSPS) is 9.29. The number of alkyl halides is 1. The highest BCUT2D eigenvalue weighted by Crippen LogP contribution is 2.10. The van der Waals surface area contributed by atoms with E-state index >= 15 is 0 Å². The van der Waals surface area contributed by atoms with Gasteiger partial charge in [-0.15, -0.1) is 0 Å². The quantitative estimate of drug-likeness (QED) is 0.430. The smallest absolute Gasteiger partial charge is 0.0295 e. The zero-order chi connectivity index (χ0) is 10.2. The Morgan fingerprint density at radius 2 is 2.07 bits per heavy atom. The van der Waals surface area contributed by atoms with Gasteiger partial charge in [0, 0.05) is 17.3 Å². The lowest BCUT2D eigenvalue weighted by atomic mass is 10.1. The Balaban J connectivity index is 2.68. The largest absolute Gasteiger partial charge is 0.0979 e. The summed E-state index contributed by atoms with van der Waals surface area (Å²) in [5, 5.41) is 0.881. The van der Waals surface area contributed by atoms with Crippen LogP contribution >= 0.6 is 15.9 Å². The Morgan fingerprint density at radius 1 is 1.29 bits per heavy atom. The minimum absolute atomic E-state index is 0.881. The fraction of sp³-hybridized carbons (Fsp3) is 0.385. The van der Waals surface area contributed by atoms with Crippen LogP contribution in [0.1, 0.15) is 37.3 Å². The molecule has 0 aromatic heterocycles. The summed E-state index contributed by atoms with van der Waals surface area (Å²) in [6.45, 7) is 2.19. The van der Waals surface area contributed by atoms with E-state index < -0.39 is 0 Å². The monoisotopic (exact) mass is 250 g/mol. The molecule has 0 unspecified atom stereocenters. The first-order chi connectivity index (χ1) is 6.88. The van der Waals surface area contributed by atoms with Gasteiger partial charge in [-0.3, -0.25) is 0 Å². The molecule has 0 fully saturated rings. The maximum Gasteiger partial charge on any atom is 0.0295 e. The average Bonchev–Trinajstić information content (AvgIpc) is 2.25. The molecule has 0 radical (unpaired) electrons. The number of rotatable bonds is 3. The van der Waals surface area contributed by atoms with Crippen LogP contribution in [0.2, 0.25) is 0 Å². The molecule has 0 aliphatic rings. The Labute approximate surface area is 94.9 Å². The van der Waals surface area contributed by atoms with Gasteiger partial charge in [0.15, 0.2) is 0 Å². The maximum atomic E-state index is 3.46. The van der Waals surface area contributed by atoms with Crippen LogP contribution in [0.15, 0.2) is 24.3 Å². The zero-order valence-electron chi connectivity index (χ0n) is 8.52. The predicted molar refractivity (Wildman–Crippen MR) is 65.5 cm³/mol. The van der Waals surface area contributed by atoms with Crippen molar-refractivity contribution in [2.45, 2.75) is 31.5 Å². The van der Waals surface area contributed by atoms with E-state index in [9.17, 15) is 0 Å². The van der Waals surface area contributed by atoms with Crippen molar-refractivity contribution >= 4 is 15.9 Å². The summed E-state index contributed by atoms with van der Waals surface area (Å²) in [7, 11) is 0. The molecule has 1 aromatic carbocycles. The molecule has 0 spiro atoms. The van der Waals surface area contributed by atoms with Crippen LogP contribution in [0, 0.1) is 11.8 Å². The van der Waals surface area contributed by atoms with Crippen LogP contribution < -0.4 is 0 Å². The maximum absolute atomic E-state index is 3.46. The van der Waals surface area contributed by atoms with E-state index in [0.29, 0.717) is 0 Å². The summed E-state index contributed by atoms with van der Waals surface area (Å²) in [4.78, 5) is 0. The number of hydrogen-bond acceptors (Lipinski definition) is 0. The zero-order valence-corrected chi connectivity index (χ0v) is 10.1. The summed E-state index contributed by atoms with van der Waals surface area (Å²) in [5.74, 6) is 6.43. The van der Waals surface area contributed by atoms with E-state index in [2.05, 4.69) is 46.8 Å². The molecule has 0 heterocycles. The lowest BCUT2D eigenvalue weighted by Crippen LogP contribution is -1.83. The van der Waals surface area contributed by atoms with Gasteiger partial charge in [0.2, 0.25) is 0 Å². The highest BCUT2D eigenvalue weighted by molar-refractivity contribution is 9.08. The first kappa shape index (κ1) is 11.3. The molecule has 0 aliphatic heterocycles. The Morgan fingerprint density at radius 3 is 2.79 bits per heavy atom. The number of benzene rings is 1. The standard InChI is InChI=1S/C13H15Br/c1-2-3-4-5-8-12-9-6-7-10-13(12)11-14/h6-7,9-10H,2-4,11H2,1H3. The lowest BCUT2D eigenvalue weighted by Gasteiger charge is -1.97. The molecule has 0 aliphatic carbocycles. The van der Waals surface area contributed by atoms with E-state index in [0.717, 1.165) is 17.3 Å². The summed E-state index contributed by atoms with van der Waals surface area (Å²) in [6, 6.07) is 8.28. The van der Waals surface area contributed by atoms with Gasteiger partial charge in [-0.05, 0) is 18.1 Å². The van der Waals surface area contributed by atoms with Crippen molar-refractivity contribution < 1.29 is 0 Å². The van der Waals surface area contributed by atoms with Gasteiger partial charge >= 0.3 is 0 Å². The summed E-state index contributed by atoms with van der Waals surface area (Å²) < 4.78 is 0. The molecule has 0 atom stereocenters. The molecule has 0 bridgehead atoms. The predicted octanol–water partition coefficient (Wildman–Crippen LogP) is 4.12. The second-order valence-corrected chi connectivity index (χ2v) is 3.76. The topological polar surface area (TPSA) is 0 Å². The van der Waals surface area contributed by atoms with Crippen molar-refractivity contribution in [3.05, 3.63) is 35.4 Å². The van der Waals surface area contributed by atoms with E-state index in [4.69, 9.17) is 0 Å². The van der Waals surface area contributed by atoms with Gasteiger partial charge in [0.05, 0.1) is 0 Å². The Hall–Kier alpha value is -0.740. The molecule has 0 saturated heterocycles. The summed E-state index contributed by atoms with van der Waals surface area (Å²) in [6.07, 6.45) is 3.42. The molecule has 74 valence electrons. The molecule has 1 aromatic rings. The van der Waals surface area contributed by atoms with Crippen LogP contribution in [0.25, 0.3) is 0 Å². The lowest BCUT2D eigenvalue weighted by molar-refractivity contribution is 0.828. The molecular formula is C13H15Br. The Bertz CT molecular complexity index is 331. The van der Waals surface area contributed by atoms with E-state index in [-0.39, 0.29) is 0 Å². The second-order valence-electron chi connectivity index (χ2n) is 3.20. The van der Waals surface area contributed by atoms with E-state index in [1.165, 1.54) is 18.4 Å². The van der Waals surface area contributed by atoms with Crippen molar-refractivity contribution in [2.75, 3.05) is 0 Å². The van der Waals surface area contributed by atoms with Crippen molar-refractivity contribution in [3.8, 4) is 11.8 Å². The molecule has 0 N–H and O–H groups in total. The molecule has 0 amide bonds. The van der Waals surface area contributed by atoms with Gasteiger partial charge in [-0.1, -0.05) is 59.3 Å². The molecule has 1 heteroatoms. The first-order valence-electron chi connectivity index (χ1n) is 5.01. The van der Waals surface area contributed by atoms with Crippen LogP contribution in [0.3, 0.4) is 0 Å². The van der Waals surface area contributed by atoms with E-state index in [1.807, 2.05) is 12.1 Å². The van der Waals surface area contributed by atoms with E-state index in [1.54, 1.807) is 0 Å². The molecule has 1 rings (SSSR count). The van der Waals surface area contributed by atoms with Crippen LogP contribution in [0.4, 0.5) is 0 Å². The summed E-state index contributed by atoms with van der Waals surface area (Å²) >= 11 is 3.46. The van der Waals surface area contributed by atoms with Gasteiger partial charge in [0.1, 0.15) is 0 Å². The van der Waals surface area contributed by atoms with Crippen LogP contribution in [-0.4, -0.2) is 0 Å². The Kier molecular flexibility index (Phi) is 5.40. The van der Waals surface area contributed by atoms with Crippen molar-refractivity contribution in [2.24, 2.45) is 0 Å². The molecule has 0 saturated carbocycles. The number of unbranched alkanes of at least 4 members (excludes halogenated alkanes) is 2. The van der Waals surface area contributed by atoms with Crippen molar-refractivity contribution in [3.63, 3.8) is 0 Å². The second kappa shape index (κ2) is 6.68. The minimum Gasteiger partial charge on any atom is -0.0979 e. The molecule has 14 heavy (non-hydrogen) atoms. The minimum atomic E-state index is 0.881. The van der Waals surface area contributed by atoms with Crippen molar-refractivity contribution in [1.29, 1.82) is 0 Å². The van der Waals surface area contributed by atoms with Crippen LogP contribution in [-0.2, 0) is 5.33 Å². The highest BCUT2D eigenvalue weighted by atomic mass is 79.9. The fourth-order valence-corrected chi connectivity index (χ4v) is 1.67. The average molecular weight is 251 g/mol. The summed E-state index contributed by atoms with van der Waals surface area (Å²) in [5.41, 5.74) is 2.43. The van der Waals surface area contributed by atoms with Gasteiger partial charge in [-0.2, -0.15) is 0 Å². The van der Waals surface area contributed by atoms with Gasteiger partial charge < -0.3 is 0 Å². The first-order valence-corrected chi connectivity index (χ1v) is 6.13. The number of halogens is 1. The third-order valence-electron chi connectivity index (χ3n) is 2.04. The highest BCUT2D eigenvalue weighted by Gasteiger charge is 1.94. The third-order valence-corrected chi connectivity index (χ3v) is 2.64. The molecular weight excluding hydrogens is 236 g/mol.